The van der Waals surface area contributed by atoms with Gasteiger partial charge in [0.1, 0.15) is 0 Å². The summed E-state index contributed by atoms with van der Waals surface area (Å²) in [6.45, 7) is 4.84. The highest BCUT2D eigenvalue weighted by molar-refractivity contribution is 5.15. The summed E-state index contributed by atoms with van der Waals surface area (Å²) in [6, 6.07) is 0. The normalized spacial score (nSPS) is 23.3. The molecule has 84 valence electrons. The number of aryl methyl sites for hydroxylation is 2. The molecule has 0 aromatic carbocycles. The molecular weight excluding hydrogens is 190 g/mol. The fourth-order valence-electron chi connectivity index (χ4n) is 2.22. The highest BCUT2D eigenvalue weighted by atomic mass is 16.3. The maximum absolute atomic E-state index is 9.57. The van der Waals surface area contributed by atoms with Gasteiger partial charge in [0.15, 0.2) is 0 Å². The van der Waals surface area contributed by atoms with Crippen LogP contribution in [0.25, 0.3) is 0 Å². The third-order valence-corrected chi connectivity index (χ3v) is 2.99. The molecule has 15 heavy (non-hydrogen) atoms. The first kappa shape index (κ1) is 10.6. The fourth-order valence-corrected chi connectivity index (χ4v) is 2.22. The van der Waals surface area contributed by atoms with Gasteiger partial charge in [0.25, 0.3) is 0 Å². The molecule has 1 saturated heterocycles. The number of hydrogen-bond donors (Lipinski definition) is 1. The minimum absolute atomic E-state index is 0.143. The van der Waals surface area contributed by atoms with Gasteiger partial charge in [-0.25, -0.2) is 0 Å². The Morgan fingerprint density at radius 1 is 1.60 bits per heavy atom. The largest absolute Gasteiger partial charge is 0.392 e. The van der Waals surface area contributed by atoms with Crippen molar-refractivity contribution in [2.75, 3.05) is 13.1 Å². The first-order valence-electron chi connectivity index (χ1n) is 5.54. The van der Waals surface area contributed by atoms with Gasteiger partial charge in [-0.1, -0.05) is 0 Å². The highest BCUT2D eigenvalue weighted by Crippen LogP contribution is 2.14. The van der Waals surface area contributed by atoms with Crippen LogP contribution in [0.2, 0.25) is 0 Å². The number of aliphatic hydroxyl groups is 1. The fraction of sp³-hybridized carbons (Fsp3) is 0.727. The summed E-state index contributed by atoms with van der Waals surface area (Å²) >= 11 is 0. The van der Waals surface area contributed by atoms with Crippen LogP contribution in [0.15, 0.2) is 6.20 Å². The van der Waals surface area contributed by atoms with Gasteiger partial charge in [-0.05, 0) is 26.3 Å². The number of rotatable bonds is 2. The molecule has 1 fully saturated rings. The van der Waals surface area contributed by atoms with E-state index >= 15 is 0 Å². The predicted molar refractivity (Wildman–Crippen MR) is 58.5 cm³/mol. The molecule has 1 N–H and O–H groups in total. The summed E-state index contributed by atoms with van der Waals surface area (Å²) in [5.41, 5.74) is 2.36. The third-order valence-electron chi connectivity index (χ3n) is 2.99. The Balaban J connectivity index is 1.99. The molecule has 0 saturated carbocycles. The second-order valence-corrected chi connectivity index (χ2v) is 4.44. The zero-order valence-electron chi connectivity index (χ0n) is 9.48. The van der Waals surface area contributed by atoms with Gasteiger partial charge < -0.3 is 5.11 Å². The van der Waals surface area contributed by atoms with Gasteiger partial charge in [0, 0.05) is 31.9 Å². The molecule has 1 unspecified atom stereocenters. The summed E-state index contributed by atoms with van der Waals surface area (Å²) in [4.78, 5) is 2.30. The number of hydrogen-bond acceptors (Lipinski definition) is 3. The summed E-state index contributed by atoms with van der Waals surface area (Å²) in [5.74, 6) is 0. The topological polar surface area (TPSA) is 41.3 Å². The van der Waals surface area contributed by atoms with E-state index in [-0.39, 0.29) is 6.10 Å². The zero-order valence-corrected chi connectivity index (χ0v) is 9.48. The Hall–Kier alpha value is -0.870. The van der Waals surface area contributed by atoms with Crippen molar-refractivity contribution >= 4 is 0 Å². The van der Waals surface area contributed by atoms with E-state index in [1.165, 1.54) is 5.56 Å². The SMILES string of the molecule is Cc1nn(C)cc1CN1CCCC(O)C1. The van der Waals surface area contributed by atoms with Crippen LogP contribution in [0, 0.1) is 6.92 Å². The number of nitrogens with zero attached hydrogens (tertiary/aromatic N) is 3. The lowest BCUT2D eigenvalue weighted by molar-refractivity contribution is 0.0667. The van der Waals surface area contributed by atoms with Crippen LogP contribution >= 0.6 is 0 Å². The molecule has 2 heterocycles. The number of piperidine rings is 1. The highest BCUT2D eigenvalue weighted by Gasteiger charge is 2.18. The molecule has 2 rings (SSSR count). The Bertz CT molecular complexity index is 335. The molecule has 1 aliphatic rings. The minimum atomic E-state index is -0.143. The summed E-state index contributed by atoms with van der Waals surface area (Å²) in [7, 11) is 1.95. The van der Waals surface area contributed by atoms with Crippen LogP contribution in [0.1, 0.15) is 24.1 Å². The van der Waals surface area contributed by atoms with Crippen molar-refractivity contribution in [2.45, 2.75) is 32.4 Å². The van der Waals surface area contributed by atoms with Gasteiger partial charge in [-0.3, -0.25) is 9.58 Å². The van der Waals surface area contributed by atoms with Crippen molar-refractivity contribution in [1.29, 1.82) is 0 Å². The average Bonchev–Trinajstić information content (AvgIpc) is 2.45. The van der Waals surface area contributed by atoms with E-state index < -0.39 is 0 Å². The van der Waals surface area contributed by atoms with E-state index in [1.807, 2.05) is 18.7 Å². The molecule has 1 atom stereocenters. The lowest BCUT2D eigenvalue weighted by atomic mass is 10.1. The molecule has 1 aromatic rings. The Kier molecular flexibility index (Phi) is 3.07. The van der Waals surface area contributed by atoms with Crippen LogP contribution in [-0.4, -0.2) is 39.0 Å². The van der Waals surface area contributed by atoms with E-state index in [0.717, 1.165) is 38.2 Å². The monoisotopic (exact) mass is 209 g/mol. The second kappa shape index (κ2) is 4.33. The third kappa shape index (κ3) is 2.58. The van der Waals surface area contributed by atoms with Crippen molar-refractivity contribution in [3.05, 3.63) is 17.5 Å². The van der Waals surface area contributed by atoms with Crippen molar-refractivity contribution in [1.82, 2.24) is 14.7 Å². The second-order valence-electron chi connectivity index (χ2n) is 4.44. The van der Waals surface area contributed by atoms with Gasteiger partial charge in [0.05, 0.1) is 11.8 Å². The van der Waals surface area contributed by atoms with Crippen molar-refractivity contribution in [3.63, 3.8) is 0 Å². The quantitative estimate of drug-likeness (QED) is 0.779. The molecule has 4 nitrogen and oxygen atoms in total. The molecular formula is C11H19N3O. The van der Waals surface area contributed by atoms with Gasteiger partial charge in [-0.2, -0.15) is 5.10 Å². The Morgan fingerprint density at radius 3 is 3.00 bits per heavy atom. The first-order valence-corrected chi connectivity index (χ1v) is 5.54. The maximum Gasteiger partial charge on any atom is 0.0667 e. The molecule has 0 bridgehead atoms. The number of β-amino-alcohol motifs (C(OH)–C–C–N with tert-alkyl or cyclic N) is 1. The molecule has 0 spiro atoms. The van der Waals surface area contributed by atoms with Crippen LogP contribution in [0.5, 0.6) is 0 Å². The van der Waals surface area contributed by atoms with E-state index in [2.05, 4.69) is 16.2 Å². The number of aliphatic hydroxyl groups excluding tert-OH is 1. The Morgan fingerprint density at radius 2 is 2.40 bits per heavy atom. The first-order chi connectivity index (χ1) is 7.15. The number of aromatic nitrogens is 2. The van der Waals surface area contributed by atoms with Crippen LogP contribution in [0.4, 0.5) is 0 Å². The van der Waals surface area contributed by atoms with E-state index in [1.54, 1.807) is 0 Å². The van der Waals surface area contributed by atoms with Gasteiger partial charge in [-0.15, -0.1) is 0 Å². The lowest BCUT2D eigenvalue weighted by Crippen LogP contribution is -2.37. The van der Waals surface area contributed by atoms with Crippen molar-refractivity contribution in [3.8, 4) is 0 Å². The van der Waals surface area contributed by atoms with E-state index in [4.69, 9.17) is 0 Å². The molecule has 1 aromatic heterocycles. The van der Waals surface area contributed by atoms with Crippen molar-refractivity contribution in [2.24, 2.45) is 7.05 Å². The predicted octanol–water partition coefficient (Wildman–Crippen LogP) is 0.685. The summed E-state index contributed by atoms with van der Waals surface area (Å²) in [6.07, 6.45) is 3.97. The van der Waals surface area contributed by atoms with Crippen LogP contribution in [-0.2, 0) is 13.6 Å². The van der Waals surface area contributed by atoms with E-state index in [9.17, 15) is 5.11 Å². The van der Waals surface area contributed by atoms with Gasteiger partial charge in [0.2, 0.25) is 0 Å². The average molecular weight is 209 g/mol. The molecule has 0 amide bonds. The molecule has 1 aliphatic heterocycles. The standard InChI is InChI=1S/C11H19N3O/c1-9-10(6-13(2)12-9)7-14-5-3-4-11(15)8-14/h6,11,15H,3-5,7-8H2,1-2H3. The van der Waals surface area contributed by atoms with Gasteiger partial charge >= 0.3 is 0 Å². The van der Waals surface area contributed by atoms with Crippen molar-refractivity contribution < 1.29 is 5.11 Å². The lowest BCUT2D eigenvalue weighted by Gasteiger charge is -2.29. The van der Waals surface area contributed by atoms with E-state index in [0.29, 0.717) is 0 Å². The molecule has 4 heteroatoms. The zero-order chi connectivity index (χ0) is 10.8. The summed E-state index contributed by atoms with van der Waals surface area (Å²) < 4.78 is 1.85. The Labute approximate surface area is 90.5 Å². The van der Waals surface area contributed by atoms with Crippen LogP contribution < -0.4 is 0 Å². The number of likely N-dealkylation sites (tertiary alicyclic amines) is 1. The maximum atomic E-state index is 9.57. The summed E-state index contributed by atoms with van der Waals surface area (Å²) in [5, 5.41) is 13.9. The molecule has 0 aliphatic carbocycles. The molecule has 0 radical (unpaired) electrons. The van der Waals surface area contributed by atoms with Crippen LogP contribution in [0.3, 0.4) is 0 Å². The smallest absolute Gasteiger partial charge is 0.0667 e. The minimum Gasteiger partial charge on any atom is -0.392 e.